The van der Waals surface area contributed by atoms with Gasteiger partial charge >= 0.3 is 0 Å². The third kappa shape index (κ3) is 4.42. The van der Waals surface area contributed by atoms with E-state index in [1.54, 1.807) is 12.1 Å². The largest absolute Gasteiger partial charge is 0.397 e. The maximum Gasteiger partial charge on any atom is 0.251 e. The summed E-state index contributed by atoms with van der Waals surface area (Å²) < 4.78 is 5.08. The first-order valence-corrected chi connectivity index (χ1v) is 4.81. The van der Waals surface area contributed by atoms with Gasteiger partial charge in [0.25, 0.3) is 5.91 Å². The van der Waals surface area contributed by atoms with E-state index in [-0.39, 0.29) is 12.5 Å². The van der Waals surface area contributed by atoms with Crippen molar-refractivity contribution in [2.75, 3.05) is 24.3 Å². The standard InChI is InChI=1S/C10H15N3O2/c1-2-5-15-7-10(14)13-9-4-3-8(11)6-12-9/h3-4,6H,2,5,7,11H2,1H3,(H,12,13,14). The lowest BCUT2D eigenvalue weighted by atomic mass is 10.4. The van der Waals surface area contributed by atoms with E-state index < -0.39 is 0 Å². The van der Waals surface area contributed by atoms with Gasteiger partial charge in [-0.15, -0.1) is 0 Å². The first kappa shape index (κ1) is 11.5. The maximum absolute atomic E-state index is 11.3. The number of carbonyl (C=O) groups excluding carboxylic acids is 1. The zero-order valence-electron chi connectivity index (χ0n) is 8.69. The Morgan fingerprint density at radius 3 is 3.00 bits per heavy atom. The summed E-state index contributed by atoms with van der Waals surface area (Å²) in [4.78, 5) is 15.2. The van der Waals surface area contributed by atoms with Gasteiger partial charge in [-0.25, -0.2) is 4.98 Å². The van der Waals surface area contributed by atoms with Gasteiger partial charge in [0.2, 0.25) is 0 Å². The molecule has 0 aromatic carbocycles. The van der Waals surface area contributed by atoms with Gasteiger partial charge in [0.1, 0.15) is 12.4 Å². The highest BCUT2D eigenvalue weighted by molar-refractivity contribution is 5.90. The molecule has 5 nitrogen and oxygen atoms in total. The molecule has 1 rings (SSSR count). The fraction of sp³-hybridized carbons (Fsp3) is 0.400. The van der Waals surface area contributed by atoms with Crippen molar-refractivity contribution in [3.8, 4) is 0 Å². The molecule has 0 fully saturated rings. The number of nitrogens with one attached hydrogen (secondary N) is 1. The molecule has 0 aliphatic heterocycles. The van der Waals surface area contributed by atoms with Crippen molar-refractivity contribution in [1.29, 1.82) is 0 Å². The number of hydrogen-bond acceptors (Lipinski definition) is 4. The van der Waals surface area contributed by atoms with Gasteiger partial charge in [-0.05, 0) is 18.6 Å². The van der Waals surface area contributed by atoms with Crippen LogP contribution in [-0.2, 0) is 9.53 Å². The number of nitrogens with zero attached hydrogens (tertiary/aromatic N) is 1. The summed E-state index contributed by atoms with van der Waals surface area (Å²) in [6.07, 6.45) is 2.38. The van der Waals surface area contributed by atoms with E-state index in [1.165, 1.54) is 6.20 Å². The van der Waals surface area contributed by atoms with E-state index in [0.29, 0.717) is 18.1 Å². The molecule has 3 N–H and O–H groups in total. The number of nitrogen functional groups attached to an aromatic ring is 1. The second-order valence-corrected chi connectivity index (χ2v) is 3.08. The third-order valence-corrected chi connectivity index (χ3v) is 1.64. The zero-order valence-corrected chi connectivity index (χ0v) is 8.69. The topological polar surface area (TPSA) is 77.2 Å². The fourth-order valence-corrected chi connectivity index (χ4v) is 0.967. The number of pyridine rings is 1. The Kier molecular flexibility index (Phi) is 4.56. The van der Waals surface area contributed by atoms with Crippen molar-refractivity contribution < 1.29 is 9.53 Å². The van der Waals surface area contributed by atoms with Crippen LogP contribution in [0.25, 0.3) is 0 Å². The number of amides is 1. The summed E-state index contributed by atoms with van der Waals surface area (Å²) in [5.74, 6) is 0.273. The lowest BCUT2D eigenvalue weighted by Gasteiger charge is -2.04. The monoisotopic (exact) mass is 209 g/mol. The van der Waals surface area contributed by atoms with Crippen LogP contribution < -0.4 is 11.1 Å². The number of rotatable bonds is 5. The number of anilines is 2. The van der Waals surface area contributed by atoms with E-state index >= 15 is 0 Å². The number of aromatic nitrogens is 1. The molecular weight excluding hydrogens is 194 g/mol. The number of hydrogen-bond donors (Lipinski definition) is 2. The summed E-state index contributed by atoms with van der Waals surface area (Å²) in [6, 6.07) is 3.32. The Morgan fingerprint density at radius 1 is 1.60 bits per heavy atom. The molecule has 1 aromatic rings. The molecule has 1 amide bonds. The highest BCUT2D eigenvalue weighted by Crippen LogP contribution is 2.05. The molecule has 0 bridgehead atoms. The SMILES string of the molecule is CCCOCC(=O)Nc1ccc(N)cn1. The molecule has 1 heterocycles. The Morgan fingerprint density at radius 2 is 2.40 bits per heavy atom. The van der Waals surface area contributed by atoms with Gasteiger partial charge in [0.05, 0.1) is 11.9 Å². The quantitative estimate of drug-likeness (QED) is 0.710. The summed E-state index contributed by atoms with van der Waals surface area (Å²) >= 11 is 0. The molecule has 0 saturated heterocycles. The maximum atomic E-state index is 11.3. The predicted molar refractivity (Wildman–Crippen MR) is 58.4 cm³/mol. The molecule has 1 aromatic heterocycles. The van der Waals surface area contributed by atoms with Gasteiger partial charge in [-0.1, -0.05) is 6.92 Å². The van der Waals surface area contributed by atoms with Crippen LogP contribution in [0, 0.1) is 0 Å². The molecule has 0 aliphatic carbocycles. The summed E-state index contributed by atoms with van der Waals surface area (Å²) in [5, 5.41) is 2.60. The Labute approximate surface area is 88.6 Å². The highest BCUT2D eigenvalue weighted by Gasteiger charge is 2.02. The Balaban J connectivity index is 2.34. The molecule has 0 radical (unpaired) electrons. The third-order valence-electron chi connectivity index (χ3n) is 1.64. The van der Waals surface area contributed by atoms with Crippen LogP contribution >= 0.6 is 0 Å². The van der Waals surface area contributed by atoms with Crippen LogP contribution in [0.15, 0.2) is 18.3 Å². The van der Waals surface area contributed by atoms with E-state index in [0.717, 1.165) is 6.42 Å². The van der Waals surface area contributed by atoms with Crippen molar-refractivity contribution in [2.24, 2.45) is 0 Å². The molecule has 0 spiro atoms. The van der Waals surface area contributed by atoms with E-state index in [4.69, 9.17) is 10.5 Å². The molecule has 82 valence electrons. The van der Waals surface area contributed by atoms with Gasteiger partial charge in [-0.3, -0.25) is 4.79 Å². The highest BCUT2D eigenvalue weighted by atomic mass is 16.5. The van der Waals surface area contributed by atoms with E-state index in [2.05, 4.69) is 10.3 Å². The lowest BCUT2D eigenvalue weighted by Crippen LogP contribution is -2.19. The second-order valence-electron chi connectivity index (χ2n) is 3.08. The van der Waals surface area contributed by atoms with E-state index in [9.17, 15) is 4.79 Å². The Bertz CT molecular complexity index is 311. The fourth-order valence-electron chi connectivity index (χ4n) is 0.967. The zero-order chi connectivity index (χ0) is 11.1. The van der Waals surface area contributed by atoms with Crippen LogP contribution in [0.5, 0.6) is 0 Å². The van der Waals surface area contributed by atoms with Crippen LogP contribution in [0.4, 0.5) is 11.5 Å². The van der Waals surface area contributed by atoms with Crippen molar-refractivity contribution in [3.63, 3.8) is 0 Å². The van der Waals surface area contributed by atoms with Gasteiger partial charge < -0.3 is 15.8 Å². The van der Waals surface area contributed by atoms with Crippen LogP contribution in [0.2, 0.25) is 0 Å². The Hall–Kier alpha value is -1.62. The van der Waals surface area contributed by atoms with Crippen molar-refractivity contribution in [2.45, 2.75) is 13.3 Å². The molecular formula is C10H15N3O2. The van der Waals surface area contributed by atoms with Crippen molar-refractivity contribution >= 4 is 17.4 Å². The first-order chi connectivity index (χ1) is 7.22. The van der Waals surface area contributed by atoms with Crippen molar-refractivity contribution in [1.82, 2.24) is 4.98 Å². The van der Waals surface area contributed by atoms with Crippen molar-refractivity contribution in [3.05, 3.63) is 18.3 Å². The van der Waals surface area contributed by atoms with Gasteiger partial charge in [0, 0.05) is 6.61 Å². The molecule has 0 unspecified atom stereocenters. The molecule has 0 aliphatic rings. The lowest BCUT2D eigenvalue weighted by molar-refractivity contribution is -0.120. The predicted octanol–water partition coefficient (Wildman–Crippen LogP) is 1.03. The summed E-state index contributed by atoms with van der Waals surface area (Å²) in [7, 11) is 0. The summed E-state index contributed by atoms with van der Waals surface area (Å²) in [6.45, 7) is 2.63. The smallest absolute Gasteiger partial charge is 0.251 e. The molecule has 15 heavy (non-hydrogen) atoms. The number of ether oxygens (including phenoxy) is 1. The van der Waals surface area contributed by atoms with Crippen LogP contribution in [0.1, 0.15) is 13.3 Å². The van der Waals surface area contributed by atoms with Gasteiger partial charge in [0.15, 0.2) is 0 Å². The minimum absolute atomic E-state index is 0.0555. The molecule has 0 saturated carbocycles. The normalized spacial score (nSPS) is 9.93. The molecule has 5 heteroatoms. The molecule has 0 atom stereocenters. The van der Waals surface area contributed by atoms with E-state index in [1.807, 2.05) is 6.92 Å². The average Bonchev–Trinajstić information content (AvgIpc) is 2.22. The minimum atomic E-state index is -0.208. The number of carbonyl (C=O) groups is 1. The first-order valence-electron chi connectivity index (χ1n) is 4.81. The summed E-state index contributed by atoms with van der Waals surface area (Å²) in [5.41, 5.74) is 6.02. The van der Waals surface area contributed by atoms with Crippen LogP contribution in [0.3, 0.4) is 0 Å². The van der Waals surface area contributed by atoms with Gasteiger partial charge in [-0.2, -0.15) is 0 Å². The number of nitrogens with two attached hydrogens (primary N) is 1. The second kappa shape index (κ2) is 5.98. The minimum Gasteiger partial charge on any atom is -0.397 e. The average molecular weight is 209 g/mol. The van der Waals surface area contributed by atoms with Crippen LogP contribution in [-0.4, -0.2) is 24.1 Å².